The van der Waals surface area contributed by atoms with E-state index in [0.717, 1.165) is 24.0 Å². The highest BCUT2D eigenvalue weighted by Gasteiger charge is 2.31. The molecule has 1 atom stereocenters. The number of benzene rings is 1. The third-order valence-corrected chi connectivity index (χ3v) is 4.79. The molecule has 122 valence electrons. The second-order valence-corrected chi connectivity index (χ2v) is 6.14. The first-order valence-electron chi connectivity index (χ1n) is 8.27. The minimum Gasteiger partial charge on any atom is -0.348 e. The molecular weight excluding hydrogens is 302 g/mol. The molecule has 0 aliphatic carbocycles. The third kappa shape index (κ3) is 2.24. The minimum absolute atomic E-state index is 0.0410. The lowest BCUT2D eigenvalue weighted by Crippen LogP contribution is -2.42. The van der Waals surface area contributed by atoms with Gasteiger partial charge in [0.05, 0.1) is 11.6 Å². The van der Waals surface area contributed by atoms with Crippen LogP contribution in [0.3, 0.4) is 0 Å². The molecule has 24 heavy (non-hydrogen) atoms. The Morgan fingerprint density at radius 3 is 2.88 bits per heavy atom. The van der Waals surface area contributed by atoms with Gasteiger partial charge in [0.25, 0.3) is 5.91 Å². The van der Waals surface area contributed by atoms with Gasteiger partial charge in [-0.1, -0.05) is 25.1 Å². The van der Waals surface area contributed by atoms with Crippen molar-refractivity contribution in [3.63, 3.8) is 0 Å². The SMILES string of the molecule is CC[C@@H]1c2cccn2CCN1C(=O)c1cc(=O)[nH]c2ccccc12. The number of pyridine rings is 1. The molecule has 0 bridgehead atoms. The molecule has 1 aliphatic heterocycles. The van der Waals surface area contributed by atoms with Crippen molar-refractivity contribution in [2.45, 2.75) is 25.9 Å². The van der Waals surface area contributed by atoms with E-state index >= 15 is 0 Å². The van der Waals surface area contributed by atoms with E-state index in [1.165, 1.54) is 6.07 Å². The number of aromatic amines is 1. The molecule has 0 unspecified atom stereocenters. The van der Waals surface area contributed by atoms with E-state index in [1.54, 1.807) is 0 Å². The van der Waals surface area contributed by atoms with Gasteiger partial charge in [0.15, 0.2) is 0 Å². The van der Waals surface area contributed by atoms with Gasteiger partial charge in [-0.15, -0.1) is 0 Å². The fourth-order valence-electron chi connectivity index (χ4n) is 3.67. The number of hydrogen-bond donors (Lipinski definition) is 1. The van der Waals surface area contributed by atoms with Crippen molar-refractivity contribution in [1.82, 2.24) is 14.5 Å². The zero-order valence-corrected chi connectivity index (χ0v) is 13.5. The van der Waals surface area contributed by atoms with Crippen molar-refractivity contribution >= 4 is 16.8 Å². The van der Waals surface area contributed by atoms with Crippen molar-refractivity contribution in [2.75, 3.05) is 6.54 Å². The summed E-state index contributed by atoms with van der Waals surface area (Å²) in [6, 6.07) is 13.0. The summed E-state index contributed by atoms with van der Waals surface area (Å²) in [5, 5.41) is 0.790. The Morgan fingerprint density at radius 2 is 2.04 bits per heavy atom. The van der Waals surface area contributed by atoms with E-state index in [1.807, 2.05) is 35.2 Å². The van der Waals surface area contributed by atoms with E-state index in [4.69, 9.17) is 0 Å². The van der Waals surface area contributed by atoms with Crippen LogP contribution in [0.2, 0.25) is 0 Å². The highest BCUT2D eigenvalue weighted by molar-refractivity contribution is 6.06. The molecule has 5 heteroatoms. The average Bonchev–Trinajstić information content (AvgIpc) is 3.08. The van der Waals surface area contributed by atoms with Crippen molar-refractivity contribution in [2.24, 2.45) is 0 Å². The van der Waals surface area contributed by atoms with E-state index in [2.05, 4.69) is 28.7 Å². The van der Waals surface area contributed by atoms with Gasteiger partial charge in [-0.3, -0.25) is 9.59 Å². The highest BCUT2D eigenvalue weighted by atomic mass is 16.2. The molecule has 0 spiro atoms. The van der Waals surface area contributed by atoms with Crippen LogP contribution < -0.4 is 5.56 Å². The van der Waals surface area contributed by atoms with Crippen LogP contribution in [-0.4, -0.2) is 26.9 Å². The monoisotopic (exact) mass is 321 g/mol. The van der Waals surface area contributed by atoms with Crippen LogP contribution in [0.25, 0.3) is 10.9 Å². The number of nitrogens with zero attached hydrogens (tertiary/aromatic N) is 2. The Balaban J connectivity index is 1.81. The minimum atomic E-state index is -0.245. The predicted octanol–water partition coefficient (Wildman–Crippen LogP) is 2.94. The van der Waals surface area contributed by atoms with Crippen molar-refractivity contribution in [3.8, 4) is 0 Å². The number of amides is 1. The van der Waals surface area contributed by atoms with Crippen LogP contribution in [0.15, 0.2) is 53.5 Å². The van der Waals surface area contributed by atoms with Gasteiger partial charge in [-0.2, -0.15) is 0 Å². The second-order valence-electron chi connectivity index (χ2n) is 6.14. The van der Waals surface area contributed by atoms with E-state index in [-0.39, 0.29) is 17.5 Å². The molecule has 1 amide bonds. The first-order valence-corrected chi connectivity index (χ1v) is 8.27. The van der Waals surface area contributed by atoms with E-state index in [9.17, 15) is 9.59 Å². The maximum absolute atomic E-state index is 13.2. The molecule has 1 N–H and O–H groups in total. The summed E-state index contributed by atoms with van der Waals surface area (Å²) in [6.45, 7) is 3.52. The maximum Gasteiger partial charge on any atom is 0.255 e. The largest absolute Gasteiger partial charge is 0.348 e. The Morgan fingerprint density at radius 1 is 1.21 bits per heavy atom. The molecule has 0 saturated heterocycles. The van der Waals surface area contributed by atoms with Crippen LogP contribution in [-0.2, 0) is 6.54 Å². The Hall–Kier alpha value is -2.82. The number of fused-ring (bicyclic) bond motifs is 2. The number of hydrogen-bond acceptors (Lipinski definition) is 2. The molecule has 3 heterocycles. The number of aromatic nitrogens is 2. The summed E-state index contributed by atoms with van der Waals surface area (Å²) >= 11 is 0. The summed E-state index contributed by atoms with van der Waals surface area (Å²) in [5.41, 5.74) is 2.09. The molecule has 0 saturated carbocycles. The number of nitrogens with one attached hydrogen (secondary N) is 1. The Kier molecular flexibility index (Phi) is 3.49. The molecule has 5 nitrogen and oxygen atoms in total. The molecular formula is C19H19N3O2. The van der Waals surface area contributed by atoms with Crippen LogP contribution in [0.1, 0.15) is 35.4 Å². The third-order valence-electron chi connectivity index (χ3n) is 4.79. The smallest absolute Gasteiger partial charge is 0.255 e. The fraction of sp³-hybridized carbons (Fsp3) is 0.263. The summed E-state index contributed by atoms with van der Waals surface area (Å²) in [4.78, 5) is 29.9. The Bertz CT molecular complexity index is 970. The normalized spacial score (nSPS) is 17.0. The second kappa shape index (κ2) is 5.67. The van der Waals surface area contributed by atoms with Crippen LogP contribution in [0, 0.1) is 0 Å². The van der Waals surface area contributed by atoms with Gasteiger partial charge in [0.2, 0.25) is 5.56 Å². The summed E-state index contributed by atoms with van der Waals surface area (Å²) in [5.74, 6) is -0.0726. The maximum atomic E-state index is 13.2. The number of para-hydroxylation sites is 1. The lowest BCUT2D eigenvalue weighted by molar-refractivity contribution is 0.0619. The van der Waals surface area contributed by atoms with E-state index in [0.29, 0.717) is 17.6 Å². The van der Waals surface area contributed by atoms with Crippen molar-refractivity contribution < 1.29 is 4.79 Å². The molecule has 3 aromatic rings. The van der Waals surface area contributed by atoms with Crippen molar-refractivity contribution in [1.29, 1.82) is 0 Å². The molecule has 0 fully saturated rings. The van der Waals surface area contributed by atoms with Crippen LogP contribution >= 0.6 is 0 Å². The highest BCUT2D eigenvalue weighted by Crippen LogP contribution is 2.30. The molecule has 2 aromatic heterocycles. The number of H-pyrrole nitrogens is 1. The molecule has 0 radical (unpaired) electrons. The first kappa shape index (κ1) is 14.8. The number of carbonyl (C=O) groups excluding carboxylic acids is 1. The Labute approximate surface area is 139 Å². The molecule has 4 rings (SSSR count). The summed E-state index contributed by atoms with van der Waals surface area (Å²) in [6.07, 6.45) is 2.90. The summed E-state index contributed by atoms with van der Waals surface area (Å²) in [7, 11) is 0. The van der Waals surface area contributed by atoms with Crippen molar-refractivity contribution in [3.05, 3.63) is 70.3 Å². The van der Waals surface area contributed by atoms with Gasteiger partial charge in [0, 0.05) is 41.9 Å². The van der Waals surface area contributed by atoms with Gasteiger partial charge in [-0.25, -0.2) is 0 Å². The zero-order valence-electron chi connectivity index (χ0n) is 13.5. The zero-order chi connectivity index (χ0) is 16.7. The number of carbonyl (C=O) groups is 1. The average molecular weight is 321 g/mol. The predicted molar refractivity (Wildman–Crippen MR) is 93.1 cm³/mol. The quantitative estimate of drug-likeness (QED) is 0.789. The van der Waals surface area contributed by atoms with Gasteiger partial charge >= 0.3 is 0 Å². The lowest BCUT2D eigenvalue weighted by atomic mass is 10.0. The lowest BCUT2D eigenvalue weighted by Gasteiger charge is -2.36. The van der Waals surface area contributed by atoms with Gasteiger partial charge < -0.3 is 14.5 Å². The van der Waals surface area contributed by atoms with Gasteiger partial charge in [-0.05, 0) is 24.6 Å². The number of rotatable bonds is 2. The topological polar surface area (TPSA) is 58.1 Å². The first-order chi connectivity index (χ1) is 11.7. The molecule has 1 aliphatic rings. The molecule has 1 aromatic carbocycles. The standard InChI is InChI=1S/C19H19N3O2/c1-2-16-17-8-5-9-21(17)10-11-22(16)19(24)14-12-18(23)20-15-7-4-3-6-13(14)15/h3-9,12,16H,2,10-11H2,1H3,(H,20,23)/t16-/m1/s1. The summed E-state index contributed by atoms with van der Waals surface area (Å²) < 4.78 is 2.20. The van der Waals surface area contributed by atoms with Gasteiger partial charge in [0.1, 0.15) is 0 Å². The fourth-order valence-corrected chi connectivity index (χ4v) is 3.67. The van der Waals surface area contributed by atoms with Crippen LogP contribution in [0.5, 0.6) is 0 Å². The van der Waals surface area contributed by atoms with Crippen LogP contribution in [0.4, 0.5) is 0 Å². The van der Waals surface area contributed by atoms with E-state index < -0.39 is 0 Å².